The maximum Gasteiger partial charge on any atom is 0.302 e. The highest BCUT2D eigenvalue weighted by atomic mass is 16.5. The first-order valence-electron chi connectivity index (χ1n) is 14.9. The highest BCUT2D eigenvalue weighted by molar-refractivity contribution is 5.85. The minimum Gasteiger partial charge on any atom is -0.462 e. The Hall–Kier alpha value is -1.24. The van der Waals surface area contributed by atoms with Gasteiger partial charge in [-0.15, -0.1) is 0 Å². The Morgan fingerprint density at radius 2 is 1.79 bits per heavy atom. The number of esters is 1. The molecule has 4 aliphatic carbocycles. The van der Waals surface area contributed by atoms with Gasteiger partial charge in [-0.25, -0.2) is 0 Å². The zero-order valence-electron chi connectivity index (χ0n) is 24.8. The zero-order valence-corrected chi connectivity index (χ0v) is 24.8. The van der Waals surface area contributed by atoms with Gasteiger partial charge in [0.1, 0.15) is 18.0 Å². The summed E-state index contributed by atoms with van der Waals surface area (Å²) in [6, 6.07) is 0. The van der Waals surface area contributed by atoms with Crippen LogP contribution in [0.4, 0.5) is 0 Å². The third kappa shape index (κ3) is 3.90. The number of allylic oxidation sites excluding steroid dienone is 1. The van der Waals surface area contributed by atoms with Crippen molar-refractivity contribution in [2.24, 2.45) is 45.3 Å². The molecule has 4 fully saturated rings. The molecule has 2 N–H and O–H groups in total. The zero-order chi connectivity index (χ0) is 28.1. The minimum atomic E-state index is -1.08. The van der Waals surface area contributed by atoms with Crippen LogP contribution in [-0.2, 0) is 19.1 Å². The van der Waals surface area contributed by atoms with Crippen LogP contribution in [0, 0.1) is 45.3 Å². The fourth-order valence-corrected chi connectivity index (χ4v) is 10.7. The predicted molar refractivity (Wildman–Crippen MR) is 145 cm³/mol. The van der Waals surface area contributed by atoms with Gasteiger partial charge in [-0.05, 0) is 86.9 Å². The SMILES string of the molecule is CC(=O)O[C@@H]1C[C@H]2C(C)(C)C(=O)CC[C@]2(C)[C@H]2CC[C@]3(C)C(=CC[C@H]3[C@H]3CO[C@@H](C(C)(C)O)[C@H](O)C3)[C@@]21C. The van der Waals surface area contributed by atoms with E-state index in [4.69, 9.17) is 9.47 Å². The van der Waals surface area contributed by atoms with E-state index >= 15 is 0 Å². The van der Waals surface area contributed by atoms with Gasteiger partial charge in [-0.2, -0.15) is 0 Å². The van der Waals surface area contributed by atoms with Gasteiger partial charge in [0, 0.05) is 24.2 Å². The molecular weight excluding hydrogens is 480 g/mol. The topological polar surface area (TPSA) is 93.1 Å². The summed E-state index contributed by atoms with van der Waals surface area (Å²) in [6.45, 7) is 16.8. The summed E-state index contributed by atoms with van der Waals surface area (Å²) in [7, 11) is 0. The molecule has 3 saturated carbocycles. The van der Waals surface area contributed by atoms with Crippen LogP contribution in [0.5, 0.6) is 0 Å². The molecule has 10 atom stereocenters. The van der Waals surface area contributed by atoms with E-state index in [1.165, 1.54) is 12.5 Å². The molecule has 6 nitrogen and oxygen atoms in total. The Morgan fingerprint density at radius 3 is 2.39 bits per heavy atom. The van der Waals surface area contributed by atoms with Crippen LogP contribution in [0.3, 0.4) is 0 Å². The number of ether oxygens (including phenoxy) is 2. The molecule has 0 aromatic rings. The molecule has 0 unspecified atom stereocenters. The first-order chi connectivity index (χ1) is 17.5. The standard InChI is InChI=1S/C32H50O6/c1-18(33)38-26-16-24-28(2,3)25(35)12-14-31(24,7)23-11-13-30(6)20(9-10-22(30)32(23,26)8)19-15-21(34)27(37-17-19)29(4,5)36/h10,19-21,23-24,26-27,34,36H,9,11-17H2,1-8H3/t19-,20+,21-,23-,24+,26-,27-,30+,31-,32+/m1/s1. The number of carbonyl (C=O) groups is 2. The van der Waals surface area contributed by atoms with Crippen LogP contribution in [0.1, 0.15) is 100 Å². The molecule has 6 heteroatoms. The molecular formula is C32H50O6. The van der Waals surface area contributed by atoms with Crippen molar-refractivity contribution in [3.63, 3.8) is 0 Å². The molecule has 1 heterocycles. The number of rotatable bonds is 3. The first kappa shape index (κ1) is 28.3. The molecule has 214 valence electrons. The van der Waals surface area contributed by atoms with Gasteiger partial charge in [0.05, 0.1) is 18.3 Å². The van der Waals surface area contributed by atoms with Crippen molar-refractivity contribution in [3.8, 4) is 0 Å². The monoisotopic (exact) mass is 530 g/mol. The molecule has 0 spiro atoms. The third-order valence-corrected chi connectivity index (χ3v) is 12.4. The van der Waals surface area contributed by atoms with Gasteiger partial charge in [0.15, 0.2) is 0 Å². The molecule has 5 aliphatic rings. The second-order valence-corrected chi connectivity index (χ2v) is 15.3. The van der Waals surface area contributed by atoms with Crippen molar-refractivity contribution in [2.75, 3.05) is 6.61 Å². The normalized spacial score (nSPS) is 48.4. The molecule has 0 aromatic carbocycles. The first-order valence-corrected chi connectivity index (χ1v) is 14.9. The number of aliphatic hydroxyl groups is 2. The van der Waals surface area contributed by atoms with Crippen LogP contribution in [0.15, 0.2) is 11.6 Å². The Kier molecular flexibility index (Phi) is 6.61. The predicted octanol–water partition coefficient (Wildman–Crippen LogP) is 5.24. The van der Waals surface area contributed by atoms with Gasteiger partial charge in [0.25, 0.3) is 0 Å². The molecule has 1 aliphatic heterocycles. The second kappa shape index (κ2) is 8.88. The van der Waals surface area contributed by atoms with E-state index in [0.717, 1.165) is 32.1 Å². The Bertz CT molecular complexity index is 1020. The van der Waals surface area contributed by atoms with E-state index in [0.29, 0.717) is 37.1 Å². The van der Waals surface area contributed by atoms with Gasteiger partial charge >= 0.3 is 5.97 Å². The molecule has 0 amide bonds. The van der Waals surface area contributed by atoms with Crippen LogP contribution in [0.2, 0.25) is 0 Å². The van der Waals surface area contributed by atoms with Crippen molar-refractivity contribution >= 4 is 11.8 Å². The summed E-state index contributed by atoms with van der Waals surface area (Å²) in [6.07, 6.45) is 6.80. The fraction of sp³-hybridized carbons (Fsp3) is 0.875. The largest absolute Gasteiger partial charge is 0.462 e. The van der Waals surface area contributed by atoms with Crippen LogP contribution < -0.4 is 0 Å². The van der Waals surface area contributed by atoms with Gasteiger partial charge in [0.2, 0.25) is 0 Å². The number of ketones is 1. The second-order valence-electron chi connectivity index (χ2n) is 15.3. The van der Waals surface area contributed by atoms with E-state index < -0.39 is 23.2 Å². The van der Waals surface area contributed by atoms with Crippen molar-refractivity contribution in [3.05, 3.63) is 11.6 Å². The average Bonchev–Trinajstić information content (AvgIpc) is 3.15. The van der Waals surface area contributed by atoms with E-state index in [2.05, 4.69) is 40.7 Å². The molecule has 0 aromatic heterocycles. The van der Waals surface area contributed by atoms with Gasteiger partial charge < -0.3 is 19.7 Å². The van der Waals surface area contributed by atoms with Crippen molar-refractivity contribution in [2.45, 2.75) is 124 Å². The Labute approximate surface area is 228 Å². The van der Waals surface area contributed by atoms with Crippen LogP contribution in [0.25, 0.3) is 0 Å². The summed E-state index contributed by atoms with van der Waals surface area (Å²) in [4.78, 5) is 25.5. The lowest BCUT2D eigenvalue weighted by atomic mass is 9.37. The maximum absolute atomic E-state index is 13.1. The van der Waals surface area contributed by atoms with Crippen molar-refractivity contribution < 1.29 is 29.3 Å². The van der Waals surface area contributed by atoms with E-state index in [-0.39, 0.29) is 40.2 Å². The molecule has 38 heavy (non-hydrogen) atoms. The number of carbonyl (C=O) groups excluding carboxylic acids is 2. The molecule has 0 bridgehead atoms. The summed E-state index contributed by atoms with van der Waals surface area (Å²) in [5.41, 5.74) is -0.439. The number of hydrogen-bond donors (Lipinski definition) is 2. The highest BCUT2D eigenvalue weighted by Crippen LogP contribution is 2.73. The smallest absolute Gasteiger partial charge is 0.302 e. The summed E-state index contributed by atoms with van der Waals surface area (Å²) < 4.78 is 12.3. The summed E-state index contributed by atoms with van der Waals surface area (Å²) >= 11 is 0. The number of Topliss-reactive ketones (excluding diaryl/α,β-unsaturated/α-hetero) is 1. The van der Waals surface area contributed by atoms with Crippen LogP contribution in [-0.4, -0.2) is 52.5 Å². The number of fused-ring (bicyclic) bond motifs is 5. The minimum absolute atomic E-state index is 0.00708. The third-order valence-electron chi connectivity index (χ3n) is 12.4. The van der Waals surface area contributed by atoms with E-state index in [1.807, 2.05) is 0 Å². The Balaban J connectivity index is 1.49. The lowest BCUT2D eigenvalue weighted by molar-refractivity contribution is -0.208. The number of hydrogen-bond acceptors (Lipinski definition) is 6. The van der Waals surface area contributed by atoms with E-state index in [1.54, 1.807) is 13.8 Å². The Morgan fingerprint density at radius 1 is 1.11 bits per heavy atom. The summed E-state index contributed by atoms with van der Waals surface area (Å²) in [5.74, 6) is 1.14. The van der Waals surface area contributed by atoms with Crippen molar-refractivity contribution in [1.82, 2.24) is 0 Å². The van der Waals surface area contributed by atoms with Crippen LogP contribution >= 0.6 is 0 Å². The van der Waals surface area contributed by atoms with Crippen molar-refractivity contribution in [1.29, 1.82) is 0 Å². The van der Waals surface area contributed by atoms with Gasteiger partial charge in [-0.3, -0.25) is 9.59 Å². The molecule has 5 rings (SSSR count). The lowest BCUT2D eigenvalue weighted by Gasteiger charge is -2.68. The lowest BCUT2D eigenvalue weighted by Crippen LogP contribution is -2.65. The van der Waals surface area contributed by atoms with E-state index in [9.17, 15) is 19.8 Å². The summed E-state index contributed by atoms with van der Waals surface area (Å²) in [5, 5.41) is 21.4. The van der Waals surface area contributed by atoms with Gasteiger partial charge in [-0.1, -0.05) is 46.3 Å². The maximum atomic E-state index is 13.1. The highest BCUT2D eigenvalue weighted by Gasteiger charge is 2.69. The fourth-order valence-electron chi connectivity index (χ4n) is 10.7. The molecule has 0 radical (unpaired) electrons. The number of aliphatic hydroxyl groups excluding tert-OH is 1. The average molecular weight is 531 g/mol. The quantitative estimate of drug-likeness (QED) is 0.383. The molecule has 1 saturated heterocycles.